The number of amides is 1. The van der Waals surface area contributed by atoms with Crippen LogP contribution in [0.3, 0.4) is 0 Å². The summed E-state index contributed by atoms with van der Waals surface area (Å²) in [7, 11) is 0. The predicted molar refractivity (Wildman–Crippen MR) is 62.7 cm³/mol. The van der Waals surface area contributed by atoms with E-state index in [0.29, 0.717) is 0 Å². The zero-order chi connectivity index (χ0) is 14.4. The smallest absolute Gasteiger partial charge is 0.387 e. The highest BCUT2D eigenvalue weighted by molar-refractivity contribution is 5.75. The topological polar surface area (TPSA) is 81.9 Å². The number of benzene rings is 1. The van der Waals surface area contributed by atoms with Crippen LogP contribution < -0.4 is 10.1 Å². The van der Waals surface area contributed by atoms with E-state index in [1.54, 1.807) is 12.1 Å². The summed E-state index contributed by atoms with van der Waals surface area (Å²) >= 11 is 0. The normalized spacial score (nSPS) is 10.6. The third kappa shape index (κ3) is 4.26. The molecule has 0 bridgehead atoms. The van der Waals surface area contributed by atoms with Crippen molar-refractivity contribution in [2.75, 3.05) is 0 Å². The zero-order valence-electron chi connectivity index (χ0n) is 10.2. The number of carbonyl (C=O) groups excluding carboxylic acids is 1. The average molecular weight is 283 g/mol. The van der Waals surface area contributed by atoms with Crippen LogP contribution in [0.2, 0.25) is 0 Å². The Kier molecular flexibility index (Phi) is 4.53. The molecule has 106 valence electrons. The van der Waals surface area contributed by atoms with Gasteiger partial charge in [0.05, 0.1) is 0 Å². The molecule has 0 atom stereocenters. The van der Waals surface area contributed by atoms with Crippen molar-refractivity contribution >= 4 is 5.91 Å². The van der Waals surface area contributed by atoms with E-state index in [9.17, 15) is 13.6 Å². The molecular formula is C11H11F2N5O2. The van der Waals surface area contributed by atoms with Crippen molar-refractivity contribution < 1.29 is 18.3 Å². The summed E-state index contributed by atoms with van der Waals surface area (Å²) in [6.45, 7) is -2.56. The standard InChI is InChI=1S/C11H11F2N5O2/c12-11(13)20-9-3-1-8(2-4-9)5-14-10(19)6-18-7-15-16-17-18/h1-4,7,11H,5-6H2,(H,14,19). The fourth-order valence-electron chi connectivity index (χ4n) is 1.45. The molecule has 1 N–H and O–H groups in total. The highest BCUT2D eigenvalue weighted by Gasteiger charge is 2.05. The van der Waals surface area contributed by atoms with E-state index in [4.69, 9.17) is 0 Å². The second-order valence-corrected chi connectivity index (χ2v) is 3.81. The number of alkyl halides is 2. The fraction of sp³-hybridized carbons (Fsp3) is 0.273. The molecule has 0 aliphatic rings. The number of rotatable bonds is 6. The lowest BCUT2D eigenvalue weighted by Gasteiger charge is -2.07. The number of ether oxygens (including phenoxy) is 1. The molecule has 9 heteroatoms. The van der Waals surface area contributed by atoms with Gasteiger partial charge < -0.3 is 10.1 Å². The molecule has 2 rings (SSSR count). The highest BCUT2D eigenvalue weighted by atomic mass is 19.3. The molecule has 0 saturated carbocycles. The van der Waals surface area contributed by atoms with E-state index in [0.717, 1.165) is 5.56 Å². The van der Waals surface area contributed by atoms with Gasteiger partial charge >= 0.3 is 6.61 Å². The SMILES string of the molecule is O=C(Cn1cnnn1)NCc1ccc(OC(F)F)cc1. The maximum atomic E-state index is 12.0. The minimum atomic E-state index is -2.85. The van der Waals surface area contributed by atoms with Crippen molar-refractivity contribution in [3.63, 3.8) is 0 Å². The minimum Gasteiger partial charge on any atom is -0.435 e. The monoisotopic (exact) mass is 283 g/mol. The third-order valence-corrected chi connectivity index (χ3v) is 2.34. The van der Waals surface area contributed by atoms with Gasteiger partial charge in [0.2, 0.25) is 5.91 Å². The second-order valence-electron chi connectivity index (χ2n) is 3.81. The number of hydrogen-bond donors (Lipinski definition) is 1. The van der Waals surface area contributed by atoms with Crippen molar-refractivity contribution in [2.45, 2.75) is 19.7 Å². The Morgan fingerprint density at radius 3 is 2.70 bits per heavy atom. The first-order valence-corrected chi connectivity index (χ1v) is 5.65. The molecule has 0 radical (unpaired) electrons. The van der Waals surface area contributed by atoms with E-state index in [-0.39, 0.29) is 24.7 Å². The summed E-state index contributed by atoms with van der Waals surface area (Å²) in [5.41, 5.74) is 0.761. The number of aromatic nitrogens is 4. The molecule has 0 fully saturated rings. The Hall–Kier alpha value is -2.58. The van der Waals surface area contributed by atoms with Gasteiger partial charge in [-0.2, -0.15) is 8.78 Å². The van der Waals surface area contributed by atoms with Crippen molar-refractivity contribution in [3.05, 3.63) is 36.2 Å². The third-order valence-electron chi connectivity index (χ3n) is 2.34. The van der Waals surface area contributed by atoms with E-state index in [2.05, 4.69) is 25.6 Å². The van der Waals surface area contributed by atoms with Crippen LogP contribution in [-0.2, 0) is 17.9 Å². The average Bonchev–Trinajstić information content (AvgIpc) is 2.90. The number of carbonyl (C=O) groups is 1. The maximum absolute atomic E-state index is 12.0. The van der Waals surface area contributed by atoms with Gasteiger partial charge in [-0.05, 0) is 28.1 Å². The minimum absolute atomic E-state index is 0.0135. The Balaban J connectivity index is 1.80. The largest absolute Gasteiger partial charge is 0.435 e. The molecule has 0 unspecified atom stereocenters. The first kappa shape index (κ1) is 13.8. The van der Waals surface area contributed by atoms with Crippen molar-refractivity contribution in [3.8, 4) is 5.75 Å². The van der Waals surface area contributed by atoms with Gasteiger partial charge in [0.15, 0.2) is 0 Å². The Labute approximate surface area is 112 Å². The van der Waals surface area contributed by atoms with Gasteiger partial charge in [0, 0.05) is 6.54 Å². The number of hydrogen-bond acceptors (Lipinski definition) is 5. The lowest BCUT2D eigenvalue weighted by atomic mass is 10.2. The van der Waals surface area contributed by atoms with Crippen LogP contribution in [0.1, 0.15) is 5.56 Å². The van der Waals surface area contributed by atoms with Crippen LogP contribution in [0.4, 0.5) is 8.78 Å². The first-order valence-electron chi connectivity index (χ1n) is 5.65. The van der Waals surface area contributed by atoms with Crippen LogP contribution in [0.5, 0.6) is 5.75 Å². The van der Waals surface area contributed by atoms with Gasteiger partial charge in [0.1, 0.15) is 18.6 Å². The van der Waals surface area contributed by atoms with E-state index < -0.39 is 6.61 Å². The second kappa shape index (κ2) is 6.55. The molecule has 1 aromatic carbocycles. The molecule has 0 aliphatic heterocycles. The van der Waals surface area contributed by atoms with Crippen LogP contribution in [0, 0.1) is 0 Å². The van der Waals surface area contributed by atoms with E-state index >= 15 is 0 Å². The van der Waals surface area contributed by atoms with Crippen molar-refractivity contribution in [1.82, 2.24) is 25.5 Å². The molecule has 0 saturated heterocycles. The van der Waals surface area contributed by atoms with Crippen LogP contribution in [-0.4, -0.2) is 32.7 Å². The van der Waals surface area contributed by atoms with Crippen LogP contribution in [0.15, 0.2) is 30.6 Å². The lowest BCUT2D eigenvalue weighted by molar-refractivity contribution is -0.122. The fourth-order valence-corrected chi connectivity index (χ4v) is 1.45. The van der Waals surface area contributed by atoms with E-state index in [1.807, 2.05) is 0 Å². The summed E-state index contributed by atoms with van der Waals surface area (Å²) in [6.07, 6.45) is 1.33. The predicted octanol–water partition coefficient (Wildman–Crippen LogP) is 0.591. The zero-order valence-corrected chi connectivity index (χ0v) is 10.2. The summed E-state index contributed by atoms with van der Waals surface area (Å²) in [5.74, 6) is -0.186. The summed E-state index contributed by atoms with van der Waals surface area (Å²) in [5, 5.41) is 13.0. The molecule has 7 nitrogen and oxygen atoms in total. The van der Waals surface area contributed by atoms with Gasteiger partial charge in [-0.15, -0.1) is 5.10 Å². The summed E-state index contributed by atoms with van der Waals surface area (Å²) in [4.78, 5) is 11.5. The molecule has 1 aromatic heterocycles. The summed E-state index contributed by atoms with van der Waals surface area (Å²) < 4.78 is 29.4. The molecular weight excluding hydrogens is 272 g/mol. The van der Waals surface area contributed by atoms with Crippen molar-refractivity contribution in [2.24, 2.45) is 0 Å². The first-order chi connectivity index (χ1) is 9.63. The van der Waals surface area contributed by atoms with Crippen molar-refractivity contribution in [1.29, 1.82) is 0 Å². The quantitative estimate of drug-likeness (QED) is 0.839. The molecule has 1 heterocycles. The molecule has 20 heavy (non-hydrogen) atoms. The Morgan fingerprint density at radius 1 is 1.35 bits per heavy atom. The maximum Gasteiger partial charge on any atom is 0.387 e. The summed E-state index contributed by atoms with van der Waals surface area (Å²) in [6, 6.07) is 6.01. The van der Waals surface area contributed by atoms with Crippen LogP contribution in [0.25, 0.3) is 0 Å². The Morgan fingerprint density at radius 2 is 2.10 bits per heavy atom. The number of halogens is 2. The number of tetrazole rings is 1. The number of nitrogens with zero attached hydrogens (tertiary/aromatic N) is 4. The van der Waals surface area contributed by atoms with Gasteiger partial charge in [-0.25, -0.2) is 4.68 Å². The molecule has 1 amide bonds. The van der Waals surface area contributed by atoms with Crippen LogP contribution >= 0.6 is 0 Å². The highest BCUT2D eigenvalue weighted by Crippen LogP contribution is 2.14. The van der Waals surface area contributed by atoms with Gasteiger partial charge in [-0.1, -0.05) is 12.1 Å². The van der Waals surface area contributed by atoms with E-state index in [1.165, 1.54) is 23.1 Å². The Bertz CT molecular complexity index is 544. The molecule has 0 spiro atoms. The lowest BCUT2D eigenvalue weighted by Crippen LogP contribution is -2.27. The number of nitrogens with one attached hydrogen (secondary N) is 1. The molecule has 0 aliphatic carbocycles. The molecule has 2 aromatic rings. The van der Waals surface area contributed by atoms with Gasteiger partial charge in [0.25, 0.3) is 0 Å². The van der Waals surface area contributed by atoms with Gasteiger partial charge in [-0.3, -0.25) is 4.79 Å².